The topological polar surface area (TPSA) is 38.8 Å². The van der Waals surface area contributed by atoms with Gasteiger partial charge in [0.1, 0.15) is 18.2 Å². The standard InChI is InChI=1S/C23H23NO3/c1-15-5-4-6-16(11-15)12-21-22(25)18-9-10-20-19(23(18)27-21)13-24(14-26-20)17-7-2-3-8-17/h4-6,9-12,17H,2-3,7-8,13-14H2,1H3/b21-12-. The van der Waals surface area contributed by atoms with Gasteiger partial charge in [-0.25, -0.2) is 0 Å². The molecule has 2 aromatic rings. The molecule has 0 spiro atoms. The summed E-state index contributed by atoms with van der Waals surface area (Å²) in [6.45, 7) is 3.45. The summed E-state index contributed by atoms with van der Waals surface area (Å²) in [5, 5.41) is 0. The van der Waals surface area contributed by atoms with Crippen molar-refractivity contribution in [1.29, 1.82) is 0 Å². The van der Waals surface area contributed by atoms with Gasteiger partial charge in [0.2, 0.25) is 5.78 Å². The van der Waals surface area contributed by atoms with Gasteiger partial charge >= 0.3 is 0 Å². The number of carbonyl (C=O) groups is 1. The summed E-state index contributed by atoms with van der Waals surface area (Å²) >= 11 is 0. The van der Waals surface area contributed by atoms with Crippen LogP contribution in [0.25, 0.3) is 6.08 Å². The fourth-order valence-electron chi connectivity index (χ4n) is 4.39. The van der Waals surface area contributed by atoms with Gasteiger partial charge in [-0.2, -0.15) is 0 Å². The van der Waals surface area contributed by atoms with E-state index < -0.39 is 0 Å². The lowest BCUT2D eigenvalue weighted by Gasteiger charge is -2.33. The average molecular weight is 361 g/mol. The Hall–Kier alpha value is -2.59. The lowest BCUT2D eigenvalue weighted by molar-refractivity contribution is 0.0567. The van der Waals surface area contributed by atoms with Gasteiger partial charge < -0.3 is 9.47 Å². The summed E-state index contributed by atoms with van der Waals surface area (Å²) < 4.78 is 12.1. The van der Waals surface area contributed by atoms with Crippen molar-refractivity contribution >= 4 is 11.9 Å². The summed E-state index contributed by atoms with van der Waals surface area (Å²) in [5.41, 5.74) is 3.78. The van der Waals surface area contributed by atoms with Crippen LogP contribution in [0.5, 0.6) is 11.5 Å². The number of ether oxygens (including phenoxy) is 2. The summed E-state index contributed by atoms with van der Waals surface area (Å²) in [7, 11) is 0. The van der Waals surface area contributed by atoms with Gasteiger partial charge in [-0.05, 0) is 43.5 Å². The predicted molar refractivity (Wildman–Crippen MR) is 104 cm³/mol. The minimum Gasteiger partial charge on any atom is -0.478 e. The molecular formula is C23H23NO3. The van der Waals surface area contributed by atoms with E-state index in [2.05, 4.69) is 4.90 Å². The number of Topliss-reactive ketones (excluding diaryl/α,β-unsaturated/α-hetero) is 1. The molecule has 3 aliphatic rings. The summed E-state index contributed by atoms with van der Waals surface area (Å²) in [5.74, 6) is 1.86. The third kappa shape index (κ3) is 2.94. The van der Waals surface area contributed by atoms with E-state index in [1.807, 2.05) is 49.4 Å². The highest BCUT2D eigenvalue weighted by Crippen LogP contribution is 2.43. The average Bonchev–Trinajstić information content (AvgIpc) is 3.31. The minimum absolute atomic E-state index is 0.0488. The van der Waals surface area contributed by atoms with Gasteiger partial charge in [-0.1, -0.05) is 42.7 Å². The number of fused-ring (bicyclic) bond motifs is 3. The van der Waals surface area contributed by atoms with Gasteiger partial charge in [-0.3, -0.25) is 9.69 Å². The molecule has 0 amide bonds. The molecule has 27 heavy (non-hydrogen) atoms. The van der Waals surface area contributed by atoms with Gasteiger partial charge in [-0.15, -0.1) is 0 Å². The van der Waals surface area contributed by atoms with E-state index in [1.54, 1.807) is 0 Å². The van der Waals surface area contributed by atoms with E-state index >= 15 is 0 Å². The van der Waals surface area contributed by atoms with E-state index in [4.69, 9.17) is 9.47 Å². The summed E-state index contributed by atoms with van der Waals surface area (Å²) in [6.07, 6.45) is 6.87. The van der Waals surface area contributed by atoms with Gasteiger partial charge in [0.05, 0.1) is 11.1 Å². The minimum atomic E-state index is -0.0488. The van der Waals surface area contributed by atoms with E-state index in [9.17, 15) is 4.79 Å². The van der Waals surface area contributed by atoms with Crippen LogP contribution in [0.3, 0.4) is 0 Å². The highest BCUT2D eigenvalue weighted by Gasteiger charge is 2.35. The predicted octanol–water partition coefficient (Wildman–Crippen LogP) is 4.71. The Morgan fingerprint density at radius 1 is 1.15 bits per heavy atom. The van der Waals surface area contributed by atoms with Crippen LogP contribution in [0.1, 0.15) is 52.7 Å². The van der Waals surface area contributed by atoms with Crippen molar-refractivity contribution in [2.45, 2.75) is 45.2 Å². The van der Waals surface area contributed by atoms with E-state index in [0.717, 1.165) is 29.0 Å². The van der Waals surface area contributed by atoms with Crippen molar-refractivity contribution in [3.63, 3.8) is 0 Å². The Morgan fingerprint density at radius 3 is 2.81 bits per heavy atom. The smallest absolute Gasteiger partial charge is 0.231 e. The molecule has 0 bridgehead atoms. The molecule has 5 rings (SSSR count). The molecule has 138 valence electrons. The molecule has 0 unspecified atom stereocenters. The Kier molecular flexibility index (Phi) is 4.01. The van der Waals surface area contributed by atoms with Gasteiger partial charge in [0.25, 0.3) is 0 Å². The van der Waals surface area contributed by atoms with Crippen LogP contribution in [0.15, 0.2) is 42.2 Å². The highest BCUT2D eigenvalue weighted by atomic mass is 16.5. The maximum Gasteiger partial charge on any atom is 0.231 e. The normalized spacial score (nSPS) is 21.1. The Bertz CT molecular complexity index is 941. The number of aryl methyl sites for hydroxylation is 1. The number of hydrogen-bond donors (Lipinski definition) is 0. The summed E-state index contributed by atoms with van der Waals surface area (Å²) in [4.78, 5) is 15.2. The molecule has 0 aromatic heterocycles. The molecule has 0 N–H and O–H groups in total. The molecule has 0 saturated heterocycles. The SMILES string of the molecule is Cc1cccc(/C=C2\Oc3c(ccc4c3CN(C3CCCC3)CO4)C2=O)c1. The third-order valence-electron chi connectivity index (χ3n) is 5.83. The molecule has 1 aliphatic carbocycles. The Morgan fingerprint density at radius 2 is 2.00 bits per heavy atom. The maximum atomic E-state index is 12.9. The summed E-state index contributed by atoms with van der Waals surface area (Å²) in [6, 6.07) is 12.4. The molecule has 0 atom stereocenters. The van der Waals surface area contributed by atoms with Crippen LogP contribution < -0.4 is 9.47 Å². The first-order chi connectivity index (χ1) is 13.2. The first-order valence-electron chi connectivity index (χ1n) is 9.73. The molecule has 2 aromatic carbocycles. The van der Waals surface area contributed by atoms with Crippen molar-refractivity contribution in [3.05, 3.63) is 64.4 Å². The van der Waals surface area contributed by atoms with Crippen LogP contribution in [0.2, 0.25) is 0 Å². The van der Waals surface area contributed by atoms with Crippen LogP contribution in [0, 0.1) is 6.92 Å². The zero-order valence-electron chi connectivity index (χ0n) is 15.5. The number of rotatable bonds is 2. The van der Waals surface area contributed by atoms with Crippen LogP contribution in [0.4, 0.5) is 0 Å². The number of nitrogens with zero attached hydrogens (tertiary/aromatic N) is 1. The molecule has 2 aliphatic heterocycles. The monoisotopic (exact) mass is 361 g/mol. The fraction of sp³-hybridized carbons (Fsp3) is 0.348. The quantitative estimate of drug-likeness (QED) is 0.727. The molecule has 4 heteroatoms. The maximum absolute atomic E-state index is 12.9. The second kappa shape index (κ2) is 6.54. The molecule has 2 heterocycles. The fourth-order valence-corrected chi connectivity index (χ4v) is 4.39. The van der Waals surface area contributed by atoms with E-state index in [0.29, 0.717) is 29.8 Å². The first kappa shape index (κ1) is 16.6. The second-order valence-corrected chi connectivity index (χ2v) is 7.73. The zero-order valence-corrected chi connectivity index (χ0v) is 15.5. The van der Waals surface area contributed by atoms with E-state index in [-0.39, 0.29) is 5.78 Å². The lowest BCUT2D eigenvalue weighted by atomic mass is 10.0. The van der Waals surface area contributed by atoms with Crippen LogP contribution >= 0.6 is 0 Å². The van der Waals surface area contributed by atoms with Crippen molar-refractivity contribution < 1.29 is 14.3 Å². The molecule has 1 saturated carbocycles. The molecule has 4 nitrogen and oxygen atoms in total. The van der Waals surface area contributed by atoms with Crippen LogP contribution in [-0.4, -0.2) is 23.5 Å². The Balaban J connectivity index is 1.47. The van der Waals surface area contributed by atoms with Crippen molar-refractivity contribution in [1.82, 2.24) is 4.90 Å². The van der Waals surface area contributed by atoms with Gasteiger partial charge in [0.15, 0.2) is 5.76 Å². The molecule has 0 radical (unpaired) electrons. The molecule has 1 fully saturated rings. The number of hydrogen-bond acceptors (Lipinski definition) is 4. The Labute approximate surface area is 159 Å². The van der Waals surface area contributed by atoms with Crippen molar-refractivity contribution in [2.24, 2.45) is 0 Å². The number of allylic oxidation sites excluding steroid dienone is 1. The number of carbonyl (C=O) groups excluding carboxylic acids is 1. The van der Waals surface area contributed by atoms with E-state index in [1.165, 1.54) is 25.7 Å². The second-order valence-electron chi connectivity index (χ2n) is 7.73. The third-order valence-corrected chi connectivity index (χ3v) is 5.83. The molecular weight excluding hydrogens is 338 g/mol. The zero-order chi connectivity index (χ0) is 18.4. The number of ketones is 1. The van der Waals surface area contributed by atoms with Crippen molar-refractivity contribution in [3.8, 4) is 11.5 Å². The van der Waals surface area contributed by atoms with Crippen LogP contribution in [-0.2, 0) is 6.54 Å². The van der Waals surface area contributed by atoms with Crippen molar-refractivity contribution in [2.75, 3.05) is 6.73 Å². The lowest BCUT2D eigenvalue weighted by Crippen LogP contribution is -2.39. The highest BCUT2D eigenvalue weighted by molar-refractivity contribution is 6.15. The number of benzene rings is 2. The van der Waals surface area contributed by atoms with Gasteiger partial charge in [0, 0.05) is 12.6 Å². The largest absolute Gasteiger partial charge is 0.478 e. The first-order valence-corrected chi connectivity index (χ1v) is 9.73.